The first kappa shape index (κ1) is 10.6. The molecule has 0 bridgehead atoms. The van der Waals surface area contributed by atoms with Crippen molar-refractivity contribution in [2.24, 2.45) is 4.99 Å². The highest BCUT2D eigenvalue weighted by molar-refractivity contribution is 5.99. The summed E-state index contributed by atoms with van der Waals surface area (Å²) in [5.74, 6) is -0.188. The van der Waals surface area contributed by atoms with Crippen LogP contribution in [-0.4, -0.2) is 37.7 Å². The monoisotopic (exact) mass is 190 g/mol. The molecule has 0 N–H and O–H groups in total. The van der Waals surface area contributed by atoms with E-state index in [0.717, 1.165) is 0 Å². The third-order valence-corrected chi connectivity index (χ3v) is 1.68. The molecule has 14 heavy (non-hydrogen) atoms. The molecule has 1 aromatic carbocycles. The van der Waals surface area contributed by atoms with Gasteiger partial charge in [-0.2, -0.15) is 0 Å². The number of carbonyl (C=O) groups excluding carboxylic acids is 1. The topological polar surface area (TPSA) is 32.7 Å². The highest BCUT2D eigenvalue weighted by Crippen LogP contribution is 1.99. The smallest absolute Gasteiger partial charge is 0.276 e. The predicted octanol–water partition coefficient (Wildman–Crippen LogP) is 1.46. The molecule has 1 rings (SSSR count). The Hall–Kier alpha value is -1.48. The summed E-state index contributed by atoms with van der Waals surface area (Å²) in [6, 6.07) is 9.05. The number of hydrogen-bond acceptors (Lipinski definition) is 2. The van der Waals surface area contributed by atoms with Gasteiger partial charge < -0.3 is 4.90 Å². The fraction of sp³-hybridized carbons (Fsp3) is 0.273. The van der Waals surface area contributed by atoms with Crippen molar-refractivity contribution in [3.05, 3.63) is 35.9 Å². The molecule has 0 saturated carbocycles. The second-order valence-corrected chi connectivity index (χ2v) is 3.25. The summed E-state index contributed by atoms with van der Waals surface area (Å²) < 4.78 is 0. The SMILES string of the molecule is CN(C)CC=NC(=O)c1ccccc1. The lowest BCUT2D eigenvalue weighted by Gasteiger charge is -2.02. The Morgan fingerprint density at radius 1 is 1.36 bits per heavy atom. The van der Waals surface area contributed by atoms with Crippen molar-refractivity contribution in [1.82, 2.24) is 4.90 Å². The summed E-state index contributed by atoms with van der Waals surface area (Å²) in [4.78, 5) is 17.2. The normalized spacial score (nSPS) is 11.1. The van der Waals surface area contributed by atoms with Crippen molar-refractivity contribution in [2.75, 3.05) is 20.6 Å². The summed E-state index contributed by atoms with van der Waals surface area (Å²) in [5.41, 5.74) is 0.627. The van der Waals surface area contributed by atoms with Crippen LogP contribution in [0, 0.1) is 0 Å². The summed E-state index contributed by atoms with van der Waals surface area (Å²) in [5, 5.41) is 0. The molecule has 0 radical (unpaired) electrons. The molecule has 1 aromatic rings. The zero-order valence-corrected chi connectivity index (χ0v) is 8.47. The third kappa shape index (κ3) is 3.49. The van der Waals surface area contributed by atoms with Crippen molar-refractivity contribution < 1.29 is 4.79 Å². The van der Waals surface area contributed by atoms with Gasteiger partial charge in [0.1, 0.15) is 0 Å². The first-order valence-electron chi connectivity index (χ1n) is 4.47. The molecule has 0 aliphatic rings. The fourth-order valence-corrected chi connectivity index (χ4v) is 0.942. The van der Waals surface area contributed by atoms with Crippen molar-refractivity contribution in [1.29, 1.82) is 0 Å². The average Bonchev–Trinajstić information content (AvgIpc) is 2.18. The molecular formula is C11H14N2O. The summed E-state index contributed by atoms with van der Waals surface area (Å²) in [7, 11) is 3.86. The van der Waals surface area contributed by atoms with Crippen LogP contribution in [0.1, 0.15) is 10.4 Å². The van der Waals surface area contributed by atoms with Crippen LogP contribution in [0.25, 0.3) is 0 Å². The van der Waals surface area contributed by atoms with Gasteiger partial charge in [-0.25, -0.2) is 4.99 Å². The van der Waals surface area contributed by atoms with Gasteiger partial charge in [0.05, 0.1) is 0 Å². The van der Waals surface area contributed by atoms with Crippen LogP contribution in [0.4, 0.5) is 0 Å². The predicted molar refractivity (Wildman–Crippen MR) is 57.8 cm³/mol. The van der Waals surface area contributed by atoms with Crippen LogP contribution in [-0.2, 0) is 0 Å². The fourth-order valence-electron chi connectivity index (χ4n) is 0.942. The van der Waals surface area contributed by atoms with Gasteiger partial charge in [0.25, 0.3) is 5.91 Å². The van der Waals surface area contributed by atoms with E-state index in [-0.39, 0.29) is 5.91 Å². The van der Waals surface area contributed by atoms with E-state index in [1.807, 2.05) is 37.2 Å². The first-order valence-corrected chi connectivity index (χ1v) is 4.47. The molecule has 3 nitrogen and oxygen atoms in total. The summed E-state index contributed by atoms with van der Waals surface area (Å²) in [6.45, 7) is 0.679. The maximum atomic E-state index is 11.4. The van der Waals surface area contributed by atoms with Crippen molar-refractivity contribution in [3.8, 4) is 0 Å². The van der Waals surface area contributed by atoms with Gasteiger partial charge in [-0.15, -0.1) is 0 Å². The van der Waals surface area contributed by atoms with E-state index in [0.29, 0.717) is 12.1 Å². The Balaban J connectivity index is 2.55. The minimum Gasteiger partial charge on any atom is -0.304 e. The molecule has 3 heteroatoms. The van der Waals surface area contributed by atoms with E-state index in [9.17, 15) is 4.79 Å². The van der Waals surface area contributed by atoms with Crippen molar-refractivity contribution >= 4 is 12.1 Å². The molecule has 0 unspecified atom stereocenters. The molecule has 1 amide bonds. The minimum absolute atomic E-state index is 0.188. The highest BCUT2D eigenvalue weighted by atomic mass is 16.1. The van der Waals surface area contributed by atoms with Gasteiger partial charge in [0, 0.05) is 18.3 Å². The Labute approximate surface area is 84.1 Å². The zero-order valence-electron chi connectivity index (χ0n) is 8.47. The van der Waals surface area contributed by atoms with Gasteiger partial charge in [-0.3, -0.25) is 4.79 Å². The number of carbonyl (C=O) groups is 1. The highest BCUT2D eigenvalue weighted by Gasteiger charge is 1.99. The number of rotatable bonds is 3. The first-order chi connectivity index (χ1) is 6.70. The standard InChI is InChI=1S/C11H14N2O/c1-13(2)9-8-12-11(14)10-6-4-3-5-7-10/h3-8H,9H2,1-2H3. The lowest BCUT2D eigenvalue weighted by molar-refractivity contribution is 0.100. The Morgan fingerprint density at radius 2 is 2.00 bits per heavy atom. The molecule has 0 fully saturated rings. The Kier molecular flexibility index (Phi) is 4.01. The molecular weight excluding hydrogens is 176 g/mol. The molecule has 0 aliphatic heterocycles. The summed E-state index contributed by atoms with van der Waals surface area (Å²) in [6.07, 6.45) is 1.62. The number of nitrogens with zero attached hydrogens (tertiary/aromatic N) is 2. The largest absolute Gasteiger partial charge is 0.304 e. The quantitative estimate of drug-likeness (QED) is 0.676. The van der Waals surface area contributed by atoms with Gasteiger partial charge in [0.15, 0.2) is 0 Å². The zero-order chi connectivity index (χ0) is 10.4. The van der Waals surface area contributed by atoms with Crippen LogP contribution < -0.4 is 0 Å². The number of hydrogen-bond donors (Lipinski definition) is 0. The van der Waals surface area contributed by atoms with Crippen LogP contribution in [0.2, 0.25) is 0 Å². The van der Waals surface area contributed by atoms with E-state index in [4.69, 9.17) is 0 Å². The Bertz CT molecular complexity index is 317. The Morgan fingerprint density at radius 3 is 2.57 bits per heavy atom. The second kappa shape index (κ2) is 5.29. The lowest BCUT2D eigenvalue weighted by Crippen LogP contribution is -2.14. The van der Waals surface area contributed by atoms with E-state index in [1.54, 1.807) is 18.3 Å². The van der Waals surface area contributed by atoms with Crippen molar-refractivity contribution in [3.63, 3.8) is 0 Å². The van der Waals surface area contributed by atoms with E-state index < -0.39 is 0 Å². The maximum Gasteiger partial charge on any atom is 0.276 e. The van der Waals surface area contributed by atoms with E-state index >= 15 is 0 Å². The molecule has 74 valence electrons. The van der Waals surface area contributed by atoms with E-state index in [1.165, 1.54) is 0 Å². The van der Waals surface area contributed by atoms with Crippen molar-refractivity contribution in [2.45, 2.75) is 0 Å². The molecule has 0 heterocycles. The number of benzene rings is 1. The molecule has 0 aliphatic carbocycles. The number of aliphatic imine (C=N–C) groups is 1. The molecule has 0 atom stereocenters. The van der Waals surface area contributed by atoms with Crippen LogP contribution in [0.5, 0.6) is 0 Å². The van der Waals surface area contributed by atoms with Gasteiger partial charge in [0.2, 0.25) is 0 Å². The minimum atomic E-state index is -0.188. The van der Waals surface area contributed by atoms with Crippen LogP contribution in [0.3, 0.4) is 0 Å². The lowest BCUT2D eigenvalue weighted by atomic mass is 10.2. The third-order valence-electron chi connectivity index (χ3n) is 1.68. The van der Waals surface area contributed by atoms with Gasteiger partial charge >= 0.3 is 0 Å². The second-order valence-electron chi connectivity index (χ2n) is 3.25. The van der Waals surface area contributed by atoms with Gasteiger partial charge in [-0.1, -0.05) is 18.2 Å². The molecule has 0 aromatic heterocycles. The van der Waals surface area contributed by atoms with Gasteiger partial charge in [-0.05, 0) is 26.2 Å². The van der Waals surface area contributed by atoms with Crippen LogP contribution >= 0.6 is 0 Å². The maximum absolute atomic E-state index is 11.4. The molecule has 0 spiro atoms. The average molecular weight is 190 g/mol. The molecule has 0 saturated heterocycles. The van der Waals surface area contributed by atoms with Crippen LogP contribution in [0.15, 0.2) is 35.3 Å². The van der Waals surface area contributed by atoms with E-state index in [2.05, 4.69) is 4.99 Å². The number of amides is 1. The summed E-state index contributed by atoms with van der Waals surface area (Å²) >= 11 is 0.